The van der Waals surface area contributed by atoms with E-state index in [2.05, 4.69) is 15.6 Å². The largest absolute Gasteiger partial charge is 0.493 e. The van der Waals surface area contributed by atoms with Crippen LogP contribution in [0.25, 0.3) is 11.0 Å². The molecule has 4 amide bonds. The van der Waals surface area contributed by atoms with Crippen molar-refractivity contribution in [3.05, 3.63) is 77.6 Å². The van der Waals surface area contributed by atoms with Gasteiger partial charge in [-0.1, -0.05) is 0 Å². The number of fused-ring (bicyclic) bond motifs is 5. The Kier molecular flexibility index (Phi) is 9.65. The van der Waals surface area contributed by atoms with Crippen LogP contribution in [0, 0.1) is 6.92 Å². The van der Waals surface area contributed by atoms with Crippen LogP contribution in [-0.2, 0) is 11.8 Å². The van der Waals surface area contributed by atoms with Gasteiger partial charge >= 0.3 is 0 Å². The van der Waals surface area contributed by atoms with E-state index in [1.807, 2.05) is 13.0 Å². The van der Waals surface area contributed by atoms with Crippen LogP contribution >= 0.6 is 0 Å². The number of carbonyl (C=O) groups is 4. The fraction of sp³-hybridized carbons (Fsp3) is 0.400. The predicted octanol–water partition coefficient (Wildman–Crippen LogP) is 3.32. The molecule has 4 heterocycles. The Morgan fingerprint density at radius 2 is 1.79 bits per heavy atom. The molecule has 4 bridgehead atoms. The molecule has 0 aliphatic carbocycles. The molecule has 0 saturated carbocycles. The molecule has 48 heavy (non-hydrogen) atoms. The summed E-state index contributed by atoms with van der Waals surface area (Å²) < 4.78 is 19.2. The zero-order chi connectivity index (χ0) is 33.8. The molecule has 0 radical (unpaired) electrons. The number of aromatic nitrogens is 2. The first-order chi connectivity index (χ1) is 23.2. The normalized spacial score (nSPS) is 19.5. The smallest absolute Gasteiger partial charge is 0.272 e. The first-order valence-corrected chi connectivity index (χ1v) is 16.2. The Labute approximate surface area is 278 Å². The first kappa shape index (κ1) is 32.6. The van der Waals surface area contributed by atoms with E-state index >= 15 is 0 Å². The fourth-order valence-corrected chi connectivity index (χ4v) is 6.29. The van der Waals surface area contributed by atoms with Gasteiger partial charge in [-0.05, 0) is 68.7 Å². The van der Waals surface area contributed by atoms with Gasteiger partial charge in [0.2, 0.25) is 5.91 Å². The number of rotatable bonds is 3. The minimum Gasteiger partial charge on any atom is -0.493 e. The van der Waals surface area contributed by atoms with Crippen LogP contribution in [0.4, 0.5) is 0 Å². The lowest BCUT2D eigenvalue weighted by Gasteiger charge is -2.24. The summed E-state index contributed by atoms with van der Waals surface area (Å²) in [4.78, 5) is 61.5. The molecule has 2 N–H and O–H groups in total. The van der Waals surface area contributed by atoms with Crippen LogP contribution in [0.5, 0.6) is 11.5 Å². The highest BCUT2D eigenvalue weighted by Gasteiger charge is 2.41. The molecule has 0 spiro atoms. The molecule has 6 rings (SSSR count). The summed E-state index contributed by atoms with van der Waals surface area (Å²) in [6, 6.07) is 11.2. The highest BCUT2D eigenvalue weighted by molar-refractivity contribution is 6.00. The molecular formula is C35H40N6O7. The average molecular weight is 657 g/mol. The van der Waals surface area contributed by atoms with Crippen molar-refractivity contribution in [1.82, 2.24) is 30.0 Å². The van der Waals surface area contributed by atoms with Gasteiger partial charge in [-0.3, -0.25) is 19.2 Å². The van der Waals surface area contributed by atoms with Crippen LogP contribution in [0.1, 0.15) is 62.6 Å². The van der Waals surface area contributed by atoms with Crippen LogP contribution in [0.3, 0.4) is 0 Å². The SMILES string of the molecule is COc1ccc2cc1O[C@H]1C[C@@H](C(=O)NCCCCN(C(=O)c3cncn3C)CCCNC2=O)N(C(=O)c2ccc3oc(C)cc3c2)C1. The predicted molar refractivity (Wildman–Crippen MR) is 176 cm³/mol. The number of carbonyl (C=O) groups excluding carboxylic acids is 4. The van der Waals surface area contributed by atoms with Crippen molar-refractivity contribution in [2.24, 2.45) is 7.05 Å². The number of ether oxygens (including phenoxy) is 2. The van der Waals surface area contributed by atoms with Gasteiger partial charge in [-0.25, -0.2) is 4.98 Å². The lowest BCUT2D eigenvalue weighted by molar-refractivity contribution is -0.124. The number of benzene rings is 2. The average Bonchev–Trinajstić information content (AvgIpc) is 3.81. The van der Waals surface area contributed by atoms with E-state index in [-0.39, 0.29) is 36.6 Å². The lowest BCUT2D eigenvalue weighted by Crippen LogP contribution is -2.46. The maximum absolute atomic E-state index is 13.9. The van der Waals surface area contributed by atoms with E-state index in [4.69, 9.17) is 13.9 Å². The number of imidazole rings is 1. The zero-order valence-corrected chi connectivity index (χ0v) is 27.4. The van der Waals surface area contributed by atoms with Gasteiger partial charge in [-0.15, -0.1) is 0 Å². The Hall–Kier alpha value is -5.33. The van der Waals surface area contributed by atoms with Gasteiger partial charge in [0.1, 0.15) is 29.2 Å². The summed E-state index contributed by atoms with van der Waals surface area (Å²) in [7, 11) is 3.28. The van der Waals surface area contributed by atoms with Crippen molar-refractivity contribution in [3.63, 3.8) is 0 Å². The van der Waals surface area contributed by atoms with Crippen molar-refractivity contribution in [2.75, 3.05) is 39.8 Å². The van der Waals surface area contributed by atoms with Crippen LogP contribution in [-0.4, -0.2) is 95.0 Å². The third kappa shape index (κ3) is 6.99. The van der Waals surface area contributed by atoms with Gasteiger partial charge < -0.3 is 38.9 Å². The Bertz CT molecular complexity index is 1830. The molecule has 1 fully saturated rings. The van der Waals surface area contributed by atoms with Crippen LogP contribution in [0.15, 0.2) is 59.4 Å². The lowest BCUT2D eigenvalue weighted by atomic mass is 10.1. The van der Waals surface area contributed by atoms with E-state index < -0.39 is 12.1 Å². The molecule has 2 aliphatic heterocycles. The molecule has 1 saturated heterocycles. The molecule has 13 nitrogen and oxygen atoms in total. The second-order valence-corrected chi connectivity index (χ2v) is 12.2. The van der Waals surface area contributed by atoms with Crippen molar-refractivity contribution in [3.8, 4) is 11.5 Å². The van der Waals surface area contributed by atoms with Gasteiger partial charge in [0.15, 0.2) is 11.5 Å². The zero-order valence-electron chi connectivity index (χ0n) is 27.4. The molecule has 4 aromatic rings. The summed E-state index contributed by atoms with van der Waals surface area (Å²) in [5.74, 6) is 0.474. The van der Waals surface area contributed by atoms with Gasteiger partial charge in [0.25, 0.3) is 17.7 Å². The second kappa shape index (κ2) is 14.2. The van der Waals surface area contributed by atoms with Crippen molar-refractivity contribution < 1.29 is 33.1 Å². The summed E-state index contributed by atoms with van der Waals surface area (Å²) in [6.07, 6.45) is 4.65. The standard InChI is InChI=1S/C35H40N6O7/c1-22-15-25-16-24(8-9-29(25)47-22)34(44)41-20-26-18-27(41)33(43)38-11-4-5-13-40(35(45)28-19-36-21-39(28)2)14-6-12-37-32(42)23-7-10-30(46-3)31(17-23)48-26/h7-10,15-17,19,21,26-27H,4-6,11-14,18,20H2,1-3H3,(H,37,42)(H,38,43)/t26-,27-/m0/s1. The third-order valence-corrected chi connectivity index (χ3v) is 8.80. The molecule has 2 aromatic carbocycles. The number of amides is 4. The van der Waals surface area contributed by atoms with Crippen molar-refractivity contribution >= 4 is 34.6 Å². The maximum atomic E-state index is 13.9. The minimum absolute atomic E-state index is 0.150. The minimum atomic E-state index is -0.785. The third-order valence-electron chi connectivity index (χ3n) is 8.80. The number of hydrogen-bond acceptors (Lipinski definition) is 8. The summed E-state index contributed by atoms with van der Waals surface area (Å²) in [5.41, 5.74) is 1.96. The number of nitrogens with one attached hydrogen (secondary N) is 2. The summed E-state index contributed by atoms with van der Waals surface area (Å²) >= 11 is 0. The molecule has 2 aromatic heterocycles. The van der Waals surface area contributed by atoms with E-state index in [0.717, 1.165) is 11.1 Å². The fourth-order valence-electron chi connectivity index (χ4n) is 6.29. The molecule has 2 aliphatic rings. The highest BCUT2D eigenvalue weighted by Crippen LogP contribution is 2.33. The molecule has 2 atom stereocenters. The summed E-state index contributed by atoms with van der Waals surface area (Å²) in [6.45, 7) is 3.64. The van der Waals surface area contributed by atoms with Crippen LogP contribution < -0.4 is 20.1 Å². The van der Waals surface area contributed by atoms with Crippen molar-refractivity contribution in [1.29, 1.82) is 0 Å². The Morgan fingerprint density at radius 1 is 0.979 bits per heavy atom. The van der Waals surface area contributed by atoms with Gasteiger partial charge in [0.05, 0.1) is 26.2 Å². The van der Waals surface area contributed by atoms with E-state index in [1.54, 1.807) is 70.3 Å². The molecular weight excluding hydrogens is 616 g/mol. The van der Waals surface area contributed by atoms with Crippen LogP contribution in [0.2, 0.25) is 0 Å². The van der Waals surface area contributed by atoms with Crippen molar-refractivity contribution in [2.45, 2.75) is 44.8 Å². The number of methoxy groups -OCH3 is 1. The Morgan fingerprint density at radius 3 is 2.58 bits per heavy atom. The molecule has 13 heteroatoms. The molecule has 252 valence electrons. The Balaban J connectivity index is 1.25. The topological polar surface area (TPSA) is 148 Å². The monoisotopic (exact) mass is 656 g/mol. The quantitative estimate of drug-likeness (QED) is 0.341. The van der Waals surface area contributed by atoms with E-state index in [0.29, 0.717) is 79.3 Å². The summed E-state index contributed by atoms with van der Waals surface area (Å²) in [5, 5.41) is 6.75. The number of nitrogens with zero attached hydrogens (tertiary/aromatic N) is 4. The second-order valence-electron chi connectivity index (χ2n) is 12.2. The number of furan rings is 1. The number of hydrogen-bond donors (Lipinski definition) is 2. The number of likely N-dealkylation sites (tertiary alicyclic amines) is 1. The van der Waals surface area contributed by atoms with Gasteiger partial charge in [0, 0.05) is 56.2 Å². The first-order valence-electron chi connectivity index (χ1n) is 16.2. The molecule has 0 unspecified atom stereocenters. The van der Waals surface area contributed by atoms with E-state index in [9.17, 15) is 19.2 Å². The highest BCUT2D eigenvalue weighted by atomic mass is 16.5. The van der Waals surface area contributed by atoms with Gasteiger partial charge in [-0.2, -0.15) is 0 Å². The maximum Gasteiger partial charge on any atom is 0.272 e. The van der Waals surface area contributed by atoms with E-state index in [1.165, 1.54) is 7.11 Å². The number of aryl methyl sites for hydroxylation is 2.